The highest BCUT2D eigenvalue weighted by Gasteiger charge is 2.13. The number of para-hydroxylation sites is 1. The maximum Gasteiger partial charge on any atom is 0.0541 e. The van der Waals surface area contributed by atoms with Gasteiger partial charge in [-0.05, 0) is 59.2 Å². The molecule has 1 heterocycles. The van der Waals surface area contributed by atoms with Crippen LogP contribution in [0.2, 0.25) is 0 Å². The molecule has 1 heteroatoms. The van der Waals surface area contributed by atoms with Crippen LogP contribution in [0.25, 0.3) is 49.4 Å². The minimum Gasteiger partial charge on any atom is -0.309 e. The van der Waals surface area contributed by atoms with E-state index >= 15 is 0 Å². The Morgan fingerprint density at radius 2 is 1.20 bits per heavy atom. The van der Waals surface area contributed by atoms with Crippen molar-refractivity contribution >= 4 is 32.6 Å². The standard InChI is InChI=1S/C29H21N/c1-20-10-12-22(13-11-20)24-15-17-29-27(19-24)26-8-4-5-9-28(26)30(29)25-16-14-21-6-2-3-7-23(21)18-25/h2-19H,1H3. The normalized spacial score (nSPS) is 11.5. The van der Waals surface area contributed by atoms with Crippen molar-refractivity contribution in [2.24, 2.45) is 0 Å². The van der Waals surface area contributed by atoms with Crippen molar-refractivity contribution in [3.05, 3.63) is 115 Å². The summed E-state index contributed by atoms with van der Waals surface area (Å²) < 4.78 is 2.38. The van der Waals surface area contributed by atoms with Crippen molar-refractivity contribution in [2.75, 3.05) is 0 Å². The van der Waals surface area contributed by atoms with Crippen LogP contribution in [0.4, 0.5) is 0 Å². The Bertz CT molecular complexity index is 1530. The maximum atomic E-state index is 2.38. The molecule has 0 aliphatic heterocycles. The molecule has 0 unspecified atom stereocenters. The number of benzene rings is 5. The van der Waals surface area contributed by atoms with E-state index in [4.69, 9.17) is 0 Å². The molecule has 0 saturated carbocycles. The Kier molecular flexibility index (Phi) is 3.75. The average molecular weight is 383 g/mol. The molecule has 0 bridgehead atoms. The molecule has 0 saturated heterocycles. The Morgan fingerprint density at radius 3 is 2.07 bits per heavy atom. The molecular weight excluding hydrogens is 362 g/mol. The van der Waals surface area contributed by atoms with Crippen LogP contribution in [-0.2, 0) is 0 Å². The summed E-state index contributed by atoms with van der Waals surface area (Å²) in [6, 6.07) is 39.6. The van der Waals surface area contributed by atoms with E-state index in [9.17, 15) is 0 Å². The van der Waals surface area contributed by atoms with Gasteiger partial charge < -0.3 is 4.57 Å². The van der Waals surface area contributed by atoms with E-state index in [1.807, 2.05) is 0 Å². The summed E-state index contributed by atoms with van der Waals surface area (Å²) >= 11 is 0. The summed E-state index contributed by atoms with van der Waals surface area (Å²) in [5.74, 6) is 0. The van der Waals surface area contributed by atoms with Crippen molar-refractivity contribution < 1.29 is 0 Å². The van der Waals surface area contributed by atoms with Gasteiger partial charge in [-0.1, -0.05) is 84.4 Å². The molecule has 1 nitrogen and oxygen atoms in total. The molecule has 6 rings (SSSR count). The third-order valence-corrected chi connectivity index (χ3v) is 6.05. The van der Waals surface area contributed by atoms with E-state index in [1.54, 1.807) is 0 Å². The van der Waals surface area contributed by atoms with Gasteiger partial charge in [-0.2, -0.15) is 0 Å². The Balaban J connectivity index is 1.64. The smallest absolute Gasteiger partial charge is 0.0541 e. The summed E-state index contributed by atoms with van der Waals surface area (Å²) in [7, 11) is 0. The van der Waals surface area contributed by atoms with Gasteiger partial charge in [0, 0.05) is 16.5 Å². The largest absolute Gasteiger partial charge is 0.309 e. The molecule has 0 atom stereocenters. The minimum absolute atomic E-state index is 1.20. The molecule has 0 radical (unpaired) electrons. The van der Waals surface area contributed by atoms with Crippen LogP contribution in [0.5, 0.6) is 0 Å². The molecule has 0 amide bonds. The van der Waals surface area contributed by atoms with Crippen LogP contribution < -0.4 is 0 Å². The monoisotopic (exact) mass is 383 g/mol. The highest BCUT2D eigenvalue weighted by atomic mass is 15.0. The second-order valence-corrected chi connectivity index (χ2v) is 7.98. The fraction of sp³-hybridized carbons (Fsp3) is 0.0345. The topological polar surface area (TPSA) is 4.93 Å². The van der Waals surface area contributed by atoms with Crippen molar-refractivity contribution in [3.8, 4) is 16.8 Å². The SMILES string of the molecule is Cc1ccc(-c2ccc3c(c2)c2ccccc2n3-c2ccc3ccccc3c2)cc1. The lowest BCUT2D eigenvalue weighted by molar-refractivity contribution is 1.19. The third-order valence-electron chi connectivity index (χ3n) is 6.05. The van der Waals surface area contributed by atoms with Crippen molar-refractivity contribution in [2.45, 2.75) is 6.92 Å². The predicted molar refractivity (Wildman–Crippen MR) is 128 cm³/mol. The van der Waals surface area contributed by atoms with E-state index in [1.165, 1.54) is 55.0 Å². The van der Waals surface area contributed by atoms with Crippen LogP contribution in [0.15, 0.2) is 109 Å². The van der Waals surface area contributed by atoms with Gasteiger partial charge in [0.2, 0.25) is 0 Å². The lowest BCUT2D eigenvalue weighted by Gasteiger charge is -2.10. The molecule has 0 aliphatic rings. The van der Waals surface area contributed by atoms with Gasteiger partial charge >= 0.3 is 0 Å². The van der Waals surface area contributed by atoms with E-state index < -0.39 is 0 Å². The third kappa shape index (κ3) is 2.63. The average Bonchev–Trinajstić information content (AvgIpc) is 3.13. The molecule has 30 heavy (non-hydrogen) atoms. The van der Waals surface area contributed by atoms with Gasteiger partial charge in [0.1, 0.15) is 0 Å². The number of aromatic nitrogens is 1. The van der Waals surface area contributed by atoms with E-state index in [0.717, 1.165) is 0 Å². The van der Waals surface area contributed by atoms with Gasteiger partial charge in [0.15, 0.2) is 0 Å². The zero-order valence-electron chi connectivity index (χ0n) is 16.8. The van der Waals surface area contributed by atoms with Crippen LogP contribution in [0.1, 0.15) is 5.56 Å². The summed E-state index contributed by atoms with van der Waals surface area (Å²) in [5, 5.41) is 5.10. The molecule has 0 N–H and O–H groups in total. The second-order valence-electron chi connectivity index (χ2n) is 7.98. The number of rotatable bonds is 2. The van der Waals surface area contributed by atoms with Crippen molar-refractivity contribution in [3.63, 3.8) is 0 Å². The van der Waals surface area contributed by atoms with Crippen LogP contribution in [-0.4, -0.2) is 4.57 Å². The molecule has 0 spiro atoms. The quantitative estimate of drug-likeness (QED) is 0.286. The van der Waals surface area contributed by atoms with Crippen LogP contribution in [0, 0.1) is 6.92 Å². The minimum atomic E-state index is 1.20. The summed E-state index contributed by atoms with van der Waals surface area (Å²) in [6.45, 7) is 2.13. The number of nitrogens with zero attached hydrogens (tertiary/aromatic N) is 1. The predicted octanol–water partition coefficient (Wildman–Crippen LogP) is 7.91. The lowest BCUT2D eigenvalue weighted by Crippen LogP contribution is -1.93. The fourth-order valence-corrected chi connectivity index (χ4v) is 4.49. The first kappa shape index (κ1) is 17.1. The summed E-state index contributed by atoms with van der Waals surface area (Å²) in [5.41, 5.74) is 7.47. The summed E-state index contributed by atoms with van der Waals surface area (Å²) in [6.07, 6.45) is 0. The number of hydrogen-bond acceptors (Lipinski definition) is 0. The van der Waals surface area contributed by atoms with Crippen LogP contribution in [0.3, 0.4) is 0 Å². The van der Waals surface area contributed by atoms with Crippen molar-refractivity contribution in [1.29, 1.82) is 0 Å². The lowest BCUT2D eigenvalue weighted by atomic mass is 10.0. The molecule has 0 fully saturated rings. The highest BCUT2D eigenvalue weighted by Crippen LogP contribution is 2.35. The molecule has 0 aliphatic carbocycles. The fourth-order valence-electron chi connectivity index (χ4n) is 4.49. The van der Waals surface area contributed by atoms with Gasteiger partial charge in [-0.3, -0.25) is 0 Å². The summed E-state index contributed by atoms with van der Waals surface area (Å²) in [4.78, 5) is 0. The second kappa shape index (κ2) is 6.60. The zero-order chi connectivity index (χ0) is 20.1. The van der Waals surface area contributed by atoms with Gasteiger partial charge in [-0.25, -0.2) is 0 Å². The first-order valence-electron chi connectivity index (χ1n) is 10.4. The van der Waals surface area contributed by atoms with Gasteiger partial charge in [0.05, 0.1) is 11.0 Å². The first-order chi connectivity index (χ1) is 14.8. The van der Waals surface area contributed by atoms with E-state index in [-0.39, 0.29) is 0 Å². The molecule has 142 valence electrons. The highest BCUT2D eigenvalue weighted by molar-refractivity contribution is 6.10. The molecule has 6 aromatic rings. The van der Waals surface area contributed by atoms with Gasteiger partial charge in [-0.15, -0.1) is 0 Å². The number of fused-ring (bicyclic) bond motifs is 4. The van der Waals surface area contributed by atoms with E-state index in [0.29, 0.717) is 0 Å². The number of hydrogen-bond donors (Lipinski definition) is 0. The number of aryl methyl sites for hydroxylation is 1. The van der Waals surface area contributed by atoms with Crippen molar-refractivity contribution in [1.82, 2.24) is 4.57 Å². The Labute approximate surface area is 175 Å². The van der Waals surface area contributed by atoms with Gasteiger partial charge in [0.25, 0.3) is 0 Å². The first-order valence-corrected chi connectivity index (χ1v) is 10.4. The van der Waals surface area contributed by atoms with Crippen LogP contribution >= 0.6 is 0 Å². The Hall–Kier alpha value is -3.84. The molecular formula is C29H21N. The molecule has 5 aromatic carbocycles. The Morgan fingerprint density at radius 1 is 0.500 bits per heavy atom. The zero-order valence-corrected chi connectivity index (χ0v) is 16.8. The maximum absolute atomic E-state index is 2.38. The van der Waals surface area contributed by atoms with E-state index in [2.05, 4.69) is 121 Å². The molecule has 1 aromatic heterocycles.